The summed E-state index contributed by atoms with van der Waals surface area (Å²) in [6.07, 6.45) is 0.330. The molecule has 0 saturated heterocycles. The summed E-state index contributed by atoms with van der Waals surface area (Å²) in [5.74, 6) is 0. The van der Waals surface area contributed by atoms with Crippen molar-refractivity contribution in [3.8, 4) is 0 Å². The number of para-hydroxylation sites is 1. The van der Waals surface area contributed by atoms with E-state index in [0.29, 0.717) is 13.0 Å². The fourth-order valence-electron chi connectivity index (χ4n) is 1.46. The average molecular weight is 288 g/mol. The average Bonchev–Trinajstić information content (AvgIpc) is 2.35. The molecule has 0 aliphatic carbocycles. The molecular weight excluding hydrogens is 268 g/mol. The third-order valence-corrected chi connectivity index (χ3v) is 4.17. The minimum Gasteiger partial charge on any atom is -0.398 e. The molecule has 4 N–H and O–H groups in total. The number of methoxy groups -OCH3 is 1. The van der Waals surface area contributed by atoms with E-state index in [0.717, 1.165) is 0 Å². The first-order chi connectivity index (χ1) is 8.78. The summed E-state index contributed by atoms with van der Waals surface area (Å²) in [6.45, 7) is 1.79. The highest BCUT2D eigenvalue weighted by atomic mass is 32.2. The number of hydrogen-bond donors (Lipinski definition) is 3. The van der Waals surface area contributed by atoms with E-state index in [-0.39, 0.29) is 17.1 Å². The molecule has 0 heterocycles. The molecule has 7 heteroatoms. The van der Waals surface area contributed by atoms with Gasteiger partial charge in [0.25, 0.3) is 0 Å². The Kier molecular flexibility index (Phi) is 5.30. The number of nitrogens with one attached hydrogen (secondary N) is 1. The quantitative estimate of drug-likeness (QED) is 0.628. The summed E-state index contributed by atoms with van der Waals surface area (Å²) in [5, 5.41) is 9.99. The molecule has 1 rings (SSSR count). The van der Waals surface area contributed by atoms with E-state index in [1.807, 2.05) is 0 Å². The van der Waals surface area contributed by atoms with E-state index < -0.39 is 15.6 Å². The number of anilines is 1. The predicted molar refractivity (Wildman–Crippen MR) is 73.2 cm³/mol. The van der Waals surface area contributed by atoms with Gasteiger partial charge in [0.2, 0.25) is 10.0 Å². The molecular formula is C12H20N2O4S. The molecule has 0 spiro atoms. The number of hydrogen-bond acceptors (Lipinski definition) is 5. The van der Waals surface area contributed by atoms with Crippen LogP contribution in [-0.4, -0.2) is 39.4 Å². The standard InChI is InChI=1S/C12H20N2O4S/c1-12(15,7-8-18-2)9-14-19(16,17)11-6-4-3-5-10(11)13/h3-6,14-15H,7-9,13H2,1-2H3. The Labute approximate surface area is 113 Å². The molecule has 1 atom stereocenters. The molecule has 0 bridgehead atoms. The van der Waals surface area contributed by atoms with Crippen LogP contribution in [0, 0.1) is 0 Å². The second-order valence-electron chi connectivity index (χ2n) is 4.60. The van der Waals surface area contributed by atoms with Crippen molar-refractivity contribution in [2.75, 3.05) is 26.0 Å². The molecule has 0 amide bonds. The molecule has 1 aromatic rings. The second-order valence-corrected chi connectivity index (χ2v) is 6.34. The van der Waals surface area contributed by atoms with E-state index in [1.165, 1.54) is 19.2 Å². The van der Waals surface area contributed by atoms with Gasteiger partial charge in [0.05, 0.1) is 11.3 Å². The normalized spacial score (nSPS) is 15.1. The Morgan fingerprint density at radius 2 is 2.05 bits per heavy atom. The van der Waals surface area contributed by atoms with E-state index >= 15 is 0 Å². The highest BCUT2D eigenvalue weighted by molar-refractivity contribution is 7.89. The van der Waals surface area contributed by atoms with Crippen LogP contribution in [0.4, 0.5) is 5.69 Å². The topological polar surface area (TPSA) is 102 Å². The highest BCUT2D eigenvalue weighted by Gasteiger charge is 2.24. The molecule has 1 aromatic carbocycles. The Morgan fingerprint density at radius 1 is 1.42 bits per heavy atom. The summed E-state index contributed by atoms with van der Waals surface area (Å²) in [6, 6.07) is 6.18. The van der Waals surface area contributed by atoms with Crippen LogP contribution in [0.5, 0.6) is 0 Å². The van der Waals surface area contributed by atoms with E-state index in [4.69, 9.17) is 10.5 Å². The smallest absolute Gasteiger partial charge is 0.242 e. The van der Waals surface area contributed by atoms with Gasteiger partial charge in [-0.1, -0.05) is 12.1 Å². The van der Waals surface area contributed by atoms with Gasteiger partial charge in [-0.2, -0.15) is 0 Å². The van der Waals surface area contributed by atoms with Crippen LogP contribution in [0.15, 0.2) is 29.2 Å². The van der Waals surface area contributed by atoms with Crippen molar-refractivity contribution >= 4 is 15.7 Å². The minimum absolute atomic E-state index is 0.0116. The van der Waals surface area contributed by atoms with Crippen LogP contribution in [0.25, 0.3) is 0 Å². The number of sulfonamides is 1. The first-order valence-corrected chi connectivity index (χ1v) is 7.32. The minimum atomic E-state index is -3.72. The van der Waals surface area contributed by atoms with E-state index in [1.54, 1.807) is 19.1 Å². The largest absolute Gasteiger partial charge is 0.398 e. The van der Waals surface area contributed by atoms with Crippen LogP contribution in [0.1, 0.15) is 13.3 Å². The molecule has 0 aromatic heterocycles. The van der Waals surface area contributed by atoms with E-state index in [9.17, 15) is 13.5 Å². The molecule has 0 aliphatic heterocycles. The summed E-state index contributed by atoms with van der Waals surface area (Å²) < 4.78 is 31.3. The van der Waals surface area contributed by atoms with Gasteiger partial charge in [0.15, 0.2) is 0 Å². The SMILES string of the molecule is COCCC(C)(O)CNS(=O)(=O)c1ccccc1N. The van der Waals surface area contributed by atoms with Crippen molar-refractivity contribution in [1.82, 2.24) is 4.72 Å². The Hall–Kier alpha value is -1.15. The molecule has 0 radical (unpaired) electrons. The summed E-state index contributed by atoms with van der Waals surface area (Å²) in [4.78, 5) is 0.0116. The zero-order chi connectivity index (χ0) is 14.5. The molecule has 0 saturated carbocycles. The Morgan fingerprint density at radius 3 is 2.63 bits per heavy atom. The van der Waals surface area contributed by atoms with Gasteiger partial charge in [0, 0.05) is 26.7 Å². The lowest BCUT2D eigenvalue weighted by molar-refractivity contribution is 0.0292. The maximum Gasteiger partial charge on any atom is 0.242 e. The fourth-order valence-corrected chi connectivity index (χ4v) is 2.76. The lowest BCUT2D eigenvalue weighted by atomic mass is 10.0. The Bertz CT molecular complexity index is 514. The fraction of sp³-hybridized carbons (Fsp3) is 0.500. The van der Waals surface area contributed by atoms with Crippen LogP contribution < -0.4 is 10.5 Å². The summed E-state index contributed by atoms with van der Waals surface area (Å²) >= 11 is 0. The molecule has 108 valence electrons. The van der Waals surface area contributed by atoms with Gasteiger partial charge in [-0.15, -0.1) is 0 Å². The molecule has 6 nitrogen and oxygen atoms in total. The van der Waals surface area contributed by atoms with Gasteiger partial charge >= 0.3 is 0 Å². The maximum atomic E-state index is 12.0. The maximum absolute atomic E-state index is 12.0. The number of benzene rings is 1. The zero-order valence-electron chi connectivity index (χ0n) is 11.1. The van der Waals surface area contributed by atoms with Crippen LogP contribution in [-0.2, 0) is 14.8 Å². The third-order valence-electron chi connectivity index (χ3n) is 2.70. The van der Waals surface area contributed by atoms with E-state index in [2.05, 4.69) is 4.72 Å². The monoisotopic (exact) mass is 288 g/mol. The van der Waals surface area contributed by atoms with Gasteiger partial charge in [0.1, 0.15) is 4.90 Å². The summed E-state index contributed by atoms with van der Waals surface area (Å²) in [5.41, 5.74) is 4.62. The van der Waals surface area contributed by atoms with Gasteiger partial charge in [-0.3, -0.25) is 0 Å². The zero-order valence-corrected chi connectivity index (χ0v) is 11.9. The number of nitrogen functional groups attached to an aromatic ring is 1. The number of ether oxygens (including phenoxy) is 1. The number of rotatable bonds is 7. The van der Waals surface area contributed by atoms with Gasteiger partial charge in [-0.25, -0.2) is 13.1 Å². The second kappa shape index (κ2) is 6.33. The van der Waals surface area contributed by atoms with Crippen LogP contribution in [0.2, 0.25) is 0 Å². The lowest BCUT2D eigenvalue weighted by Gasteiger charge is -2.23. The molecule has 19 heavy (non-hydrogen) atoms. The summed E-state index contributed by atoms with van der Waals surface area (Å²) in [7, 11) is -2.21. The first-order valence-electron chi connectivity index (χ1n) is 5.84. The third kappa shape index (κ3) is 4.79. The molecule has 1 unspecified atom stereocenters. The van der Waals surface area contributed by atoms with Crippen molar-refractivity contribution in [1.29, 1.82) is 0 Å². The molecule has 0 fully saturated rings. The van der Waals surface area contributed by atoms with Crippen molar-refractivity contribution in [3.63, 3.8) is 0 Å². The van der Waals surface area contributed by atoms with Crippen molar-refractivity contribution in [2.24, 2.45) is 0 Å². The number of nitrogens with two attached hydrogens (primary N) is 1. The van der Waals surface area contributed by atoms with Gasteiger partial charge < -0.3 is 15.6 Å². The van der Waals surface area contributed by atoms with Crippen LogP contribution in [0.3, 0.4) is 0 Å². The molecule has 0 aliphatic rings. The van der Waals surface area contributed by atoms with Crippen molar-refractivity contribution < 1.29 is 18.3 Å². The first kappa shape index (κ1) is 15.9. The van der Waals surface area contributed by atoms with Crippen molar-refractivity contribution in [2.45, 2.75) is 23.8 Å². The number of aliphatic hydroxyl groups is 1. The van der Waals surface area contributed by atoms with Gasteiger partial charge in [-0.05, 0) is 19.1 Å². The predicted octanol–water partition coefficient (Wildman–Crippen LogP) is 0.335. The van der Waals surface area contributed by atoms with Crippen molar-refractivity contribution in [3.05, 3.63) is 24.3 Å². The lowest BCUT2D eigenvalue weighted by Crippen LogP contribution is -2.41. The Balaban J connectivity index is 2.74. The highest BCUT2D eigenvalue weighted by Crippen LogP contribution is 2.17. The van der Waals surface area contributed by atoms with Crippen LogP contribution >= 0.6 is 0 Å².